The van der Waals surface area contributed by atoms with Crippen molar-refractivity contribution in [2.75, 3.05) is 19.0 Å². The average Bonchev–Trinajstić information content (AvgIpc) is 2.91. The molecule has 104 valence electrons. The molecule has 0 fully saturated rings. The van der Waals surface area contributed by atoms with E-state index in [4.69, 9.17) is 9.47 Å². The average molecular weight is 273 g/mol. The van der Waals surface area contributed by atoms with Crippen molar-refractivity contribution < 1.29 is 14.3 Å². The number of methoxy groups -OCH3 is 1. The predicted molar refractivity (Wildman–Crippen MR) is 73.4 cm³/mol. The number of nitrogens with zero attached hydrogens (tertiary/aromatic N) is 2. The van der Waals surface area contributed by atoms with Crippen LogP contribution in [0.15, 0.2) is 24.4 Å². The summed E-state index contributed by atoms with van der Waals surface area (Å²) in [5.41, 5.74) is 2.45. The van der Waals surface area contributed by atoms with Gasteiger partial charge in [0.25, 0.3) is 0 Å². The summed E-state index contributed by atoms with van der Waals surface area (Å²) in [4.78, 5) is 11.9. The molecule has 1 N–H and O–H groups in total. The highest BCUT2D eigenvalue weighted by atomic mass is 16.5. The number of nitrogens with one attached hydrogen (secondary N) is 1. The van der Waals surface area contributed by atoms with Crippen LogP contribution < -0.4 is 10.1 Å². The van der Waals surface area contributed by atoms with Crippen LogP contribution in [0.3, 0.4) is 0 Å². The fourth-order valence-corrected chi connectivity index (χ4v) is 2.26. The number of anilines is 1. The van der Waals surface area contributed by atoms with Crippen molar-refractivity contribution in [1.82, 2.24) is 9.78 Å². The fourth-order valence-electron chi connectivity index (χ4n) is 2.26. The maximum atomic E-state index is 11.9. The number of aromatic nitrogens is 2. The molecule has 0 atom stereocenters. The summed E-state index contributed by atoms with van der Waals surface area (Å²) >= 11 is 0. The number of rotatable bonds is 3. The highest BCUT2D eigenvalue weighted by molar-refractivity contribution is 5.95. The van der Waals surface area contributed by atoms with Crippen molar-refractivity contribution in [2.45, 2.75) is 13.5 Å². The minimum absolute atomic E-state index is 0.341. The number of carbonyl (C=O) groups excluding carboxylic acids is 1. The van der Waals surface area contributed by atoms with Crippen molar-refractivity contribution in [3.8, 4) is 11.4 Å². The van der Waals surface area contributed by atoms with Gasteiger partial charge in [0.2, 0.25) is 0 Å². The summed E-state index contributed by atoms with van der Waals surface area (Å²) in [7, 11) is 1.62. The molecule has 6 heteroatoms. The lowest BCUT2D eigenvalue weighted by Crippen LogP contribution is -2.18. The quantitative estimate of drug-likeness (QED) is 0.866. The molecule has 0 radical (unpaired) electrons. The first-order chi connectivity index (χ1) is 9.74. The summed E-state index contributed by atoms with van der Waals surface area (Å²) in [6.45, 7) is 2.76. The lowest BCUT2D eigenvalue weighted by Gasteiger charge is -2.21. The molecular formula is C14H15N3O3. The SMILES string of the molecule is CCOC(=O)c1cnn2c1NCc1ccc(OC)cc1-2. The smallest absolute Gasteiger partial charge is 0.343 e. The van der Waals surface area contributed by atoms with E-state index in [1.807, 2.05) is 18.2 Å². The second-order valence-electron chi connectivity index (χ2n) is 4.39. The Morgan fingerprint density at radius 1 is 1.50 bits per heavy atom. The van der Waals surface area contributed by atoms with E-state index in [-0.39, 0.29) is 5.97 Å². The minimum Gasteiger partial charge on any atom is -0.497 e. The van der Waals surface area contributed by atoms with Gasteiger partial charge in [0.1, 0.15) is 17.1 Å². The number of esters is 1. The Kier molecular flexibility index (Phi) is 3.06. The molecule has 6 nitrogen and oxygen atoms in total. The van der Waals surface area contributed by atoms with Crippen LogP contribution in [0.4, 0.5) is 5.82 Å². The van der Waals surface area contributed by atoms with E-state index >= 15 is 0 Å². The van der Waals surface area contributed by atoms with Gasteiger partial charge in [0.15, 0.2) is 0 Å². The number of hydrogen-bond acceptors (Lipinski definition) is 5. The summed E-state index contributed by atoms with van der Waals surface area (Å²) in [5.74, 6) is 1.04. The summed E-state index contributed by atoms with van der Waals surface area (Å²) < 4.78 is 12.0. The zero-order valence-corrected chi connectivity index (χ0v) is 11.3. The lowest BCUT2D eigenvalue weighted by molar-refractivity contribution is 0.0527. The first-order valence-corrected chi connectivity index (χ1v) is 6.41. The molecule has 0 amide bonds. The molecule has 1 aliphatic heterocycles. The van der Waals surface area contributed by atoms with Crippen LogP contribution in [-0.4, -0.2) is 29.5 Å². The molecular weight excluding hydrogens is 258 g/mol. The highest BCUT2D eigenvalue weighted by Gasteiger charge is 2.24. The van der Waals surface area contributed by atoms with Crippen molar-refractivity contribution in [2.24, 2.45) is 0 Å². The van der Waals surface area contributed by atoms with Crippen molar-refractivity contribution in [3.05, 3.63) is 35.5 Å². The topological polar surface area (TPSA) is 65.4 Å². The second kappa shape index (κ2) is 4.88. The highest BCUT2D eigenvalue weighted by Crippen LogP contribution is 2.31. The van der Waals surface area contributed by atoms with Crippen molar-refractivity contribution in [3.63, 3.8) is 0 Å². The van der Waals surface area contributed by atoms with Crippen LogP contribution in [0.25, 0.3) is 5.69 Å². The Morgan fingerprint density at radius 3 is 3.10 bits per heavy atom. The number of benzene rings is 1. The number of hydrogen-bond donors (Lipinski definition) is 1. The molecule has 1 aliphatic rings. The Hall–Kier alpha value is -2.50. The van der Waals surface area contributed by atoms with Crippen LogP contribution in [0.5, 0.6) is 5.75 Å². The molecule has 0 spiro atoms. The van der Waals surface area contributed by atoms with E-state index in [1.165, 1.54) is 6.20 Å². The van der Waals surface area contributed by atoms with Gasteiger partial charge >= 0.3 is 5.97 Å². The number of fused-ring (bicyclic) bond motifs is 3. The van der Waals surface area contributed by atoms with Crippen LogP contribution in [-0.2, 0) is 11.3 Å². The standard InChI is InChI=1S/C14H15N3O3/c1-3-20-14(18)11-8-16-17-12-6-10(19-2)5-4-9(12)7-15-13(11)17/h4-6,8,15H,3,7H2,1-2H3. The minimum atomic E-state index is -0.368. The van der Waals surface area contributed by atoms with Gasteiger partial charge in [-0.25, -0.2) is 9.48 Å². The second-order valence-corrected chi connectivity index (χ2v) is 4.39. The molecule has 1 aromatic carbocycles. The zero-order valence-electron chi connectivity index (χ0n) is 11.3. The lowest BCUT2D eigenvalue weighted by atomic mass is 10.1. The van der Waals surface area contributed by atoms with E-state index in [1.54, 1.807) is 18.7 Å². The largest absolute Gasteiger partial charge is 0.497 e. The van der Waals surface area contributed by atoms with Crippen molar-refractivity contribution >= 4 is 11.8 Å². The Morgan fingerprint density at radius 2 is 2.35 bits per heavy atom. The van der Waals surface area contributed by atoms with Gasteiger partial charge in [-0.3, -0.25) is 0 Å². The van der Waals surface area contributed by atoms with Crippen LogP contribution >= 0.6 is 0 Å². The third-order valence-corrected chi connectivity index (χ3v) is 3.23. The van der Waals surface area contributed by atoms with Gasteiger partial charge in [-0.1, -0.05) is 6.07 Å². The molecule has 0 unspecified atom stereocenters. The van der Waals surface area contributed by atoms with E-state index in [0.29, 0.717) is 24.5 Å². The molecule has 0 aliphatic carbocycles. The van der Waals surface area contributed by atoms with E-state index < -0.39 is 0 Å². The fraction of sp³-hybridized carbons (Fsp3) is 0.286. The van der Waals surface area contributed by atoms with E-state index in [9.17, 15) is 4.79 Å². The number of ether oxygens (including phenoxy) is 2. The molecule has 0 saturated heterocycles. The van der Waals surface area contributed by atoms with E-state index in [0.717, 1.165) is 17.0 Å². The first kappa shape index (κ1) is 12.5. The van der Waals surface area contributed by atoms with Crippen LogP contribution in [0, 0.1) is 0 Å². The predicted octanol–water partition coefficient (Wildman–Crippen LogP) is 1.98. The Labute approximate surface area is 116 Å². The first-order valence-electron chi connectivity index (χ1n) is 6.41. The third kappa shape index (κ3) is 1.89. The Balaban J connectivity index is 2.07. The normalized spacial score (nSPS) is 12.1. The monoisotopic (exact) mass is 273 g/mol. The van der Waals surface area contributed by atoms with Crippen LogP contribution in [0.2, 0.25) is 0 Å². The molecule has 20 heavy (non-hydrogen) atoms. The zero-order chi connectivity index (χ0) is 14.1. The molecule has 0 bridgehead atoms. The van der Waals surface area contributed by atoms with Gasteiger partial charge in [-0.15, -0.1) is 0 Å². The van der Waals surface area contributed by atoms with Gasteiger partial charge in [-0.2, -0.15) is 5.10 Å². The Bertz CT molecular complexity index is 664. The maximum absolute atomic E-state index is 11.9. The molecule has 3 rings (SSSR count). The van der Waals surface area contributed by atoms with Gasteiger partial charge in [0, 0.05) is 12.6 Å². The van der Waals surface area contributed by atoms with Crippen LogP contribution in [0.1, 0.15) is 22.8 Å². The van der Waals surface area contributed by atoms with Gasteiger partial charge in [-0.05, 0) is 18.6 Å². The maximum Gasteiger partial charge on any atom is 0.343 e. The molecule has 2 aromatic rings. The number of carbonyl (C=O) groups is 1. The van der Waals surface area contributed by atoms with Gasteiger partial charge < -0.3 is 14.8 Å². The third-order valence-electron chi connectivity index (χ3n) is 3.23. The van der Waals surface area contributed by atoms with Gasteiger partial charge in [0.05, 0.1) is 25.6 Å². The van der Waals surface area contributed by atoms with E-state index in [2.05, 4.69) is 10.4 Å². The molecule has 0 saturated carbocycles. The summed E-state index contributed by atoms with van der Waals surface area (Å²) in [6, 6.07) is 5.79. The van der Waals surface area contributed by atoms with Crippen molar-refractivity contribution in [1.29, 1.82) is 0 Å². The summed E-state index contributed by atoms with van der Waals surface area (Å²) in [5, 5.41) is 7.48. The molecule has 1 aromatic heterocycles. The summed E-state index contributed by atoms with van der Waals surface area (Å²) in [6.07, 6.45) is 1.52. The molecule has 2 heterocycles.